The van der Waals surface area contributed by atoms with Crippen molar-refractivity contribution in [2.75, 3.05) is 19.7 Å². The van der Waals surface area contributed by atoms with E-state index in [4.69, 9.17) is 9.15 Å². The normalized spacial score (nSPS) is 17.0. The fourth-order valence-electron chi connectivity index (χ4n) is 3.72. The average molecular weight is 388 g/mol. The van der Waals surface area contributed by atoms with Crippen LogP contribution in [0.3, 0.4) is 0 Å². The maximum absolute atomic E-state index is 12.8. The zero-order chi connectivity index (χ0) is 19.8. The van der Waals surface area contributed by atoms with Crippen molar-refractivity contribution in [1.29, 1.82) is 0 Å². The van der Waals surface area contributed by atoms with Gasteiger partial charge in [-0.3, -0.25) is 4.79 Å². The number of aryl methyl sites for hydroxylation is 1. The number of pyridine rings is 1. The number of morpholine rings is 1. The number of carbonyl (C=O) groups is 1. The number of benzene rings is 1. The highest BCUT2D eigenvalue weighted by atomic mass is 16.5. The van der Waals surface area contributed by atoms with Gasteiger partial charge in [0, 0.05) is 18.3 Å². The first kappa shape index (κ1) is 17.6. The van der Waals surface area contributed by atoms with Crippen LogP contribution in [0.5, 0.6) is 0 Å². The van der Waals surface area contributed by atoms with E-state index in [9.17, 15) is 4.79 Å². The summed E-state index contributed by atoms with van der Waals surface area (Å²) in [6, 6.07) is 15.9. The summed E-state index contributed by atoms with van der Waals surface area (Å²) in [5.41, 5.74) is 4.39. The summed E-state index contributed by atoms with van der Waals surface area (Å²) < 4.78 is 13.0. The van der Waals surface area contributed by atoms with E-state index >= 15 is 0 Å². The SMILES string of the molecule is Cc1occc1C(=O)N1CCO[C@H](c2nnn3cc(-c4ccccc4)ccc23)C1. The number of hydrogen-bond donors (Lipinski definition) is 0. The number of nitrogens with zero attached hydrogens (tertiary/aromatic N) is 4. The molecule has 1 atom stereocenters. The fourth-order valence-corrected chi connectivity index (χ4v) is 3.72. The minimum atomic E-state index is -0.319. The fraction of sp³-hybridized carbons (Fsp3) is 0.227. The minimum Gasteiger partial charge on any atom is -0.469 e. The van der Waals surface area contributed by atoms with Crippen LogP contribution in [-0.4, -0.2) is 45.3 Å². The van der Waals surface area contributed by atoms with Gasteiger partial charge in [-0.15, -0.1) is 5.10 Å². The van der Waals surface area contributed by atoms with Crippen LogP contribution in [0.25, 0.3) is 16.6 Å². The van der Waals surface area contributed by atoms with E-state index in [1.54, 1.807) is 22.4 Å². The van der Waals surface area contributed by atoms with Gasteiger partial charge >= 0.3 is 0 Å². The number of aromatic nitrogens is 3. The Balaban J connectivity index is 1.42. The second-order valence-electron chi connectivity index (χ2n) is 7.09. The van der Waals surface area contributed by atoms with E-state index in [-0.39, 0.29) is 12.0 Å². The van der Waals surface area contributed by atoms with Crippen LogP contribution in [0.1, 0.15) is 27.9 Å². The Labute approximate surface area is 167 Å². The molecule has 0 unspecified atom stereocenters. The lowest BCUT2D eigenvalue weighted by Gasteiger charge is -2.32. The van der Waals surface area contributed by atoms with Gasteiger partial charge in [0.05, 0.1) is 30.5 Å². The van der Waals surface area contributed by atoms with Gasteiger partial charge in [0.2, 0.25) is 0 Å². The molecule has 5 rings (SSSR count). The second kappa shape index (κ2) is 7.18. The number of rotatable bonds is 3. The number of ether oxygens (including phenoxy) is 1. The monoisotopic (exact) mass is 388 g/mol. The van der Waals surface area contributed by atoms with E-state index in [2.05, 4.69) is 28.5 Å². The van der Waals surface area contributed by atoms with Gasteiger partial charge in [-0.2, -0.15) is 0 Å². The third-order valence-corrected chi connectivity index (χ3v) is 5.30. The largest absolute Gasteiger partial charge is 0.469 e. The van der Waals surface area contributed by atoms with E-state index in [1.807, 2.05) is 30.5 Å². The topological polar surface area (TPSA) is 72.9 Å². The smallest absolute Gasteiger partial charge is 0.257 e. The Hall–Kier alpha value is -3.45. The van der Waals surface area contributed by atoms with Crippen LogP contribution in [0.4, 0.5) is 0 Å². The predicted molar refractivity (Wildman–Crippen MR) is 106 cm³/mol. The van der Waals surface area contributed by atoms with Crippen molar-refractivity contribution in [1.82, 2.24) is 19.7 Å². The first-order chi connectivity index (χ1) is 14.2. The maximum atomic E-state index is 12.8. The van der Waals surface area contributed by atoms with Gasteiger partial charge in [-0.05, 0) is 24.6 Å². The van der Waals surface area contributed by atoms with Crippen molar-refractivity contribution in [2.24, 2.45) is 0 Å². The Kier molecular flexibility index (Phi) is 4.37. The Morgan fingerprint density at radius 1 is 1.10 bits per heavy atom. The van der Waals surface area contributed by atoms with Crippen LogP contribution >= 0.6 is 0 Å². The molecule has 1 aliphatic rings. The summed E-state index contributed by atoms with van der Waals surface area (Å²) in [7, 11) is 0. The molecule has 7 heteroatoms. The molecule has 1 fully saturated rings. The molecule has 1 aromatic carbocycles. The lowest BCUT2D eigenvalue weighted by Crippen LogP contribution is -2.42. The van der Waals surface area contributed by atoms with Gasteiger partial charge in [0.15, 0.2) is 0 Å². The van der Waals surface area contributed by atoms with E-state index in [0.717, 1.165) is 22.3 Å². The quantitative estimate of drug-likeness (QED) is 0.537. The van der Waals surface area contributed by atoms with Crippen molar-refractivity contribution in [3.05, 3.63) is 78.0 Å². The molecule has 29 heavy (non-hydrogen) atoms. The van der Waals surface area contributed by atoms with Gasteiger partial charge in [-0.25, -0.2) is 4.52 Å². The number of carbonyl (C=O) groups excluding carboxylic acids is 1. The van der Waals surface area contributed by atoms with Crippen molar-refractivity contribution in [3.63, 3.8) is 0 Å². The molecule has 4 heterocycles. The van der Waals surface area contributed by atoms with Gasteiger partial charge < -0.3 is 14.1 Å². The van der Waals surface area contributed by atoms with Crippen LogP contribution in [0, 0.1) is 6.92 Å². The Morgan fingerprint density at radius 3 is 2.76 bits per heavy atom. The minimum absolute atomic E-state index is 0.0487. The number of hydrogen-bond acceptors (Lipinski definition) is 5. The molecule has 1 aliphatic heterocycles. The standard InChI is InChI=1S/C22H20N4O3/c1-15-18(9-11-28-15)22(27)25-10-12-29-20(14-25)21-19-8-7-17(13-26(19)24-23-21)16-5-3-2-4-6-16/h2-9,11,13,20H,10,12,14H2,1H3/t20-/m0/s1. The molecule has 0 bridgehead atoms. The van der Waals surface area contributed by atoms with E-state index in [0.29, 0.717) is 31.0 Å². The predicted octanol–water partition coefficient (Wildman–Crippen LogP) is 3.51. The first-order valence-electron chi connectivity index (χ1n) is 9.56. The van der Waals surface area contributed by atoms with Gasteiger partial charge in [0.25, 0.3) is 5.91 Å². The third-order valence-electron chi connectivity index (χ3n) is 5.30. The molecule has 0 N–H and O–H groups in total. The summed E-state index contributed by atoms with van der Waals surface area (Å²) in [4.78, 5) is 14.6. The maximum Gasteiger partial charge on any atom is 0.257 e. The second-order valence-corrected chi connectivity index (χ2v) is 7.09. The van der Waals surface area contributed by atoms with Crippen molar-refractivity contribution in [3.8, 4) is 11.1 Å². The van der Waals surface area contributed by atoms with Crippen LogP contribution < -0.4 is 0 Å². The van der Waals surface area contributed by atoms with Crippen molar-refractivity contribution < 1.29 is 13.9 Å². The molecule has 1 amide bonds. The lowest BCUT2D eigenvalue weighted by atomic mass is 10.1. The van der Waals surface area contributed by atoms with Crippen molar-refractivity contribution in [2.45, 2.75) is 13.0 Å². The number of amides is 1. The van der Waals surface area contributed by atoms with Crippen molar-refractivity contribution >= 4 is 11.4 Å². The summed E-state index contributed by atoms with van der Waals surface area (Å²) in [6.07, 6.45) is 3.18. The van der Waals surface area contributed by atoms with E-state index < -0.39 is 0 Å². The lowest BCUT2D eigenvalue weighted by molar-refractivity contribution is -0.0241. The number of furan rings is 1. The van der Waals surface area contributed by atoms with E-state index in [1.165, 1.54) is 6.26 Å². The Bertz CT molecular complexity index is 1170. The molecule has 0 radical (unpaired) electrons. The molecule has 146 valence electrons. The van der Waals surface area contributed by atoms with Crippen LogP contribution in [-0.2, 0) is 4.74 Å². The highest BCUT2D eigenvalue weighted by Gasteiger charge is 2.30. The zero-order valence-corrected chi connectivity index (χ0v) is 16.0. The third kappa shape index (κ3) is 3.19. The number of fused-ring (bicyclic) bond motifs is 1. The van der Waals surface area contributed by atoms with Gasteiger partial charge in [0.1, 0.15) is 17.6 Å². The van der Waals surface area contributed by atoms with Crippen LogP contribution in [0.15, 0.2) is 65.4 Å². The average Bonchev–Trinajstić information content (AvgIpc) is 3.39. The molecule has 4 aromatic rings. The Morgan fingerprint density at radius 2 is 1.97 bits per heavy atom. The van der Waals surface area contributed by atoms with Crippen LogP contribution in [0.2, 0.25) is 0 Å². The molecular formula is C22H20N4O3. The molecule has 7 nitrogen and oxygen atoms in total. The summed E-state index contributed by atoms with van der Waals surface area (Å²) in [5, 5.41) is 8.64. The molecule has 1 saturated heterocycles. The van der Waals surface area contributed by atoms with Gasteiger partial charge in [-0.1, -0.05) is 41.6 Å². The molecule has 0 aliphatic carbocycles. The molecule has 0 saturated carbocycles. The zero-order valence-electron chi connectivity index (χ0n) is 16.0. The molecular weight excluding hydrogens is 368 g/mol. The summed E-state index contributed by atoms with van der Waals surface area (Å²) >= 11 is 0. The highest BCUT2D eigenvalue weighted by Crippen LogP contribution is 2.27. The first-order valence-corrected chi connectivity index (χ1v) is 9.56. The molecule has 0 spiro atoms. The molecule has 3 aromatic heterocycles. The summed E-state index contributed by atoms with van der Waals surface area (Å²) in [6.45, 7) is 3.21. The summed E-state index contributed by atoms with van der Waals surface area (Å²) in [5.74, 6) is 0.577. The highest BCUT2D eigenvalue weighted by molar-refractivity contribution is 5.95.